The molecular weight excluding hydrogens is 466 g/mol. The maximum absolute atomic E-state index is 13.2. The molecule has 1 aromatic heterocycles. The van der Waals surface area contributed by atoms with E-state index in [-0.39, 0.29) is 30.6 Å². The summed E-state index contributed by atoms with van der Waals surface area (Å²) in [6, 6.07) is 12.1. The lowest BCUT2D eigenvalue weighted by Crippen LogP contribution is -2.45. The van der Waals surface area contributed by atoms with Gasteiger partial charge in [-0.25, -0.2) is 0 Å². The van der Waals surface area contributed by atoms with Crippen molar-refractivity contribution in [2.75, 3.05) is 26.8 Å². The second-order valence-corrected chi connectivity index (χ2v) is 8.72. The van der Waals surface area contributed by atoms with Gasteiger partial charge >= 0.3 is 0 Å². The van der Waals surface area contributed by atoms with Crippen molar-refractivity contribution < 1.29 is 28.2 Å². The van der Waals surface area contributed by atoms with E-state index in [1.807, 2.05) is 24.3 Å². The number of hydrogen-bond donors (Lipinski definition) is 2. The van der Waals surface area contributed by atoms with E-state index in [0.29, 0.717) is 60.8 Å². The van der Waals surface area contributed by atoms with E-state index in [9.17, 15) is 9.59 Å². The lowest BCUT2D eigenvalue weighted by atomic mass is 10.1. The van der Waals surface area contributed by atoms with E-state index in [0.717, 1.165) is 5.56 Å². The first-order valence-electron chi connectivity index (χ1n) is 11.6. The molecule has 3 aliphatic heterocycles. The summed E-state index contributed by atoms with van der Waals surface area (Å²) in [6.45, 7) is 3.43. The van der Waals surface area contributed by atoms with Crippen molar-refractivity contribution >= 4 is 11.8 Å². The molecule has 0 spiro atoms. The number of nitrogens with one attached hydrogen (secondary N) is 2. The van der Waals surface area contributed by atoms with Crippen molar-refractivity contribution in [3.63, 3.8) is 0 Å². The van der Waals surface area contributed by atoms with Crippen LogP contribution in [0.15, 0.2) is 46.9 Å². The van der Waals surface area contributed by atoms with Gasteiger partial charge in [0, 0.05) is 32.1 Å². The van der Waals surface area contributed by atoms with Crippen LogP contribution in [-0.4, -0.2) is 65.9 Å². The molecule has 36 heavy (non-hydrogen) atoms. The Bertz CT molecular complexity index is 1240. The van der Waals surface area contributed by atoms with Crippen LogP contribution in [0, 0.1) is 6.92 Å². The van der Waals surface area contributed by atoms with Crippen LogP contribution in [-0.2, 0) is 17.9 Å². The first-order valence-corrected chi connectivity index (χ1v) is 11.6. The highest BCUT2D eigenvalue weighted by Crippen LogP contribution is 2.29. The maximum Gasteiger partial charge on any atom is 0.258 e. The number of fused-ring (bicyclic) bond motifs is 7. The first-order chi connectivity index (χ1) is 17.5. The van der Waals surface area contributed by atoms with Gasteiger partial charge in [-0.1, -0.05) is 12.1 Å². The zero-order valence-corrected chi connectivity index (χ0v) is 20.0. The predicted molar refractivity (Wildman–Crippen MR) is 127 cm³/mol. The van der Waals surface area contributed by atoms with E-state index >= 15 is 0 Å². The summed E-state index contributed by atoms with van der Waals surface area (Å²) < 4.78 is 22.9. The number of nitrogens with zero attached hydrogens (tertiary/aromatic N) is 3. The van der Waals surface area contributed by atoms with E-state index < -0.39 is 0 Å². The second kappa shape index (κ2) is 10.2. The summed E-state index contributed by atoms with van der Waals surface area (Å²) >= 11 is 0. The molecule has 2 N–H and O–H groups in total. The number of amides is 2. The van der Waals surface area contributed by atoms with Crippen molar-refractivity contribution in [2.45, 2.75) is 32.2 Å². The number of hydrogen-bond acceptors (Lipinski definition) is 9. The quantitative estimate of drug-likeness (QED) is 0.557. The number of methoxy groups -OCH3 is 1. The summed E-state index contributed by atoms with van der Waals surface area (Å²) in [7, 11) is 1.50. The van der Waals surface area contributed by atoms with Crippen LogP contribution in [0.3, 0.4) is 0 Å². The Morgan fingerprint density at radius 2 is 1.94 bits per heavy atom. The summed E-state index contributed by atoms with van der Waals surface area (Å²) in [5.74, 6) is 1.84. The Balaban J connectivity index is 1.42. The highest BCUT2D eigenvalue weighted by molar-refractivity contribution is 5.95. The summed E-state index contributed by atoms with van der Waals surface area (Å²) in [6.07, 6.45) is -0.312. The number of benzene rings is 2. The zero-order valence-electron chi connectivity index (χ0n) is 20.0. The number of aryl methyl sites for hydroxylation is 1. The third kappa shape index (κ3) is 5.41. The Labute approximate surface area is 207 Å². The summed E-state index contributed by atoms with van der Waals surface area (Å²) in [5.41, 5.74) is 1.30. The molecule has 0 saturated carbocycles. The maximum atomic E-state index is 13.2. The predicted octanol–water partition coefficient (Wildman–Crippen LogP) is 1.46. The largest absolute Gasteiger partial charge is 0.493 e. The molecule has 4 heterocycles. The van der Waals surface area contributed by atoms with E-state index in [2.05, 4.69) is 25.7 Å². The van der Waals surface area contributed by atoms with Gasteiger partial charge in [-0.05, 0) is 35.9 Å². The van der Waals surface area contributed by atoms with E-state index in [1.54, 1.807) is 25.1 Å². The molecule has 2 atom stereocenters. The monoisotopic (exact) mass is 493 g/mol. The fourth-order valence-corrected chi connectivity index (χ4v) is 4.27. The average Bonchev–Trinajstić information content (AvgIpc) is 3.46. The Morgan fingerprint density at radius 3 is 2.69 bits per heavy atom. The van der Waals surface area contributed by atoms with Crippen LogP contribution in [0.1, 0.15) is 27.7 Å². The highest BCUT2D eigenvalue weighted by atomic mass is 16.5. The minimum atomic E-state index is -0.312. The molecule has 4 bridgehead atoms. The van der Waals surface area contributed by atoms with Crippen LogP contribution in [0.2, 0.25) is 0 Å². The Kier molecular flexibility index (Phi) is 6.72. The molecule has 11 heteroatoms. The van der Waals surface area contributed by atoms with Gasteiger partial charge in [0.25, 0.3) is 11.8 Å². The topological polar surface area (TPSA) is 128 Å². The van der Waals surface area contributed by atoms with Gasteiger partial charge in [0.1, 0.15) is 11.9 Å². The molecule has 188 valence electrons. The summed E-state index contributed by atoms with van der Waals surface area (Å²) in [4.78, 5) is 27.6. The van der Waals surface area contributed by atoms with Crippen LogP contribution >= 0.6 is 0 Å². The zero-order chi connectivity index (χ0) is 25.1. The molecule has 0 aliphatic carbocycles. The van der Waals surface area contributed by atoms with Gasteiger partial charge in [0.05, 0.1) is 19.7 Å². The van der Waals surface area contributed by atoms with Gasteiger partial charge in [-0.2, -0.15) is 0 Å². The fourth-order valence-electron chi connectivity index (χ4n) is 4.27. The van der Waals surface area contributed by atoms with Crippen molar-refractivity contribution in [2.24, 2.45) is 0 Å². The minimum absolute atomic E-state index is 0.211. The average molecular weight is 494 g/mol. The fraction of sp³-hybridized carbons (Fsp3) is 0.360. The molecule has 0 unspecified atom stereocenters. The molecule has 3 aromatic rings. The molecule has 1 saturated heterocycles. The molecular formula is C25H27N5O6. The molecule has 2 amide bonds. The van der Waals surface area contributed by atoms with Crippen molar-refractivity contribution in [1.82, 2.24) is 25.7 Å². The Hall–Kier alpha value is -4.12. The van der Waals surface area contributed by atoms with Gasteiger partial charge in [0.15, 0.2) is 18.1 Å². The van der Waals surface area contributed by atoms with Crippen molar-refractivity contribution in [3.05, 3.63) is 65.4 Å². The molecule has 1 fully saturated rings. The van der Waals surface area contributed by atoms with Gasteiger partial charge in [-0.15, -0.1) is 10.2 Å². The van der Waals surface area contributed by atoms with Crippen molar-refractivity contribution in [1.29, 1.82) is 0 Å². The number of aromatic nitrogens is 2. The Morgan fingerprint density at radius 1 is 1.11 bits per heavy atom. The summed E-state index contributed by atoms with van der Waals surface area (Å²) in [5, 5.41) is 13.9. The third-order valence-electron chi connectivity index (χ3n) is 6.07. The molecule has 3 aliphatic rings. The lowest BCUT2D eigenvalue weighted by Gasteiger charge is -2.21. The SMILES string of the molecule is COc1ccc2cc1OCC(=O)NCc1ccc(cc1)O[C@H]1CN(Cc3nnc(C)o3)C[C@@H]1NC2=O. The van der Waals surface area contributed by atoms with Gasteiger partial charge < -0.3 is 29.3 Å². The number of ether oxygens (including phenoxy) is 3. The molecule has 0 radical (unpaired) electrons. The number of likely N-dealkylation sites (tertiary alicyclic amines) is 1. The van der Waals surface area contributed by atoms with Crippen LogP contribution in [0.5, 0.6) is 17.2 Å². The van der Waals surface area contributed by atoms with Crippen molar-refractivity contribution in [3.8, 4) is 17.2 Å². The van der Waals surface area contributed by atoms with E-state index in [1.165, 1.54) is 7.11 Å². The normalized spacial score (nSPS) is 20.5. The molecule has 2 aromatic carbocycles. The van der Waals surface area contributed by atoms with Crippen LogP contribution in [0.25, 0.3) is 0 Å². The van der Waals surface area contributed by atoms with Crippen LogP contribution in [0.4, 0.5) is 0 Å². The van der Waals surface area contributed by atoms with Gasteiger partial charge in [0.2, 0.25) is 11.8 Å². The van der Waals surface area contributed by atoms with Crippen LogP contribution < -0.4 is 24.8 Å². The smallest absolute Gasteiger partial charge is 0.258 e. The number of carbonyl (C=O) groups excluding carboxylic acids is 2. The minimum Gasteiger partial charge on any atom is -0.493 e. The standard InChI is InChI=1S/C25H27N5O6/c1-15-28-29-24(35-15)13-30-11-19-22(12-30)36-18-6-3-16(4-7-18)10-26-23(31)14-34-21-9-17(25(32)27-19)5-8-20(21)33-2/h3-9,19,22H,10-14H2,1-2H3,(H,26,31)(H,27,32)/t19-,22-/m0/s1. The molecule has 6 rings (SSSR count). The molecule has 11 nitrogen and oxygen atoms in total. The number of rotatable bonds is 3. The van der Waals surface area contributed by atoms with E-state index in [4.69, 9.17) is 18.6 Å². The van der Waals surface area contributed by atoms with Gasteiger partial charge in [-0.3, -0.25) is 14.5 Å². The highest BCUT2D eigenvalue weighted by Gasteiger charge is 2.36. The first kappa shape index (κ1) is 23.6. The number of carbonyl (C=O) groups is 2. The second-order valence-electron chi connectivity index (χ2n) is 8.72. The lowest BCUT2D eigenvalue weighted by molar-refractivity contribution is -0.123. The third-order valence-corrected chi connectivity index (χ3v) is 6.07.